The molecule has 0 saturated carbocycles. The molecule has 10 heteroatoms. The quantitative estimate of drug-likeness (QED) is 0.296. The predicted molar refractivity (Wildman–Crippen MR) is 101 cm³/mol. The summed E-state index contributed by atoms with van der Waals surface area (Å²) in [5.41, 5.74) is 5.40. The lowest BCUT2D eigenvalue weighted by atomic mass is 9.99. The van der Waals surface area contributed by atoms with E-state index in [1.807, 2.05) is 13.2 Å². The Morgan fingerprint density at radius 2 is 1.73 bits per heavy atom. The van der Waals surface area contributed by atoms with Crippen molar-refractivity contribution in [2.45, 2.75) is 51.7 Å². The number of carboxylic acids is 1. The van der Waals surface area contributed by atoms with E-state index in [4.69, 9.17) is 5.73 Å². The first-order chi connectivity index (χ1) is 12.1. The molecule has 0 bridgehead atoms. The van der Waals surface area contributed by atoms with Crippen molar-refractivity contribution in [1.29, 1.82) is 0 Å². The number of carbonyl (C=O) groups excluding carboxylic acids is 3. The number of rotatable bonds is 12. The average molecular weight is 391 g/mol. The van der Waals surface area contributed by atoms with Gasteiger partial charge < -0.3 is 26.8 Å². The van der Waals surface area contributed by atoms with E-state index in [-0.39, 0.29) is 12.5 Å². The van der Waals surface area contributed by atoms with Gasteiger partial charge >= 0.3 is 5.97 Å². The molecule has 0 fully saturated rings. The van der Waals surface area contributed by atoms with Crippen molar-refractivity contribution in [2.75, 3.05) is 18.6 Å². The first-order valence-corrected chi connectivity index (χ1v) is 9.88. The van der Waals surface area contributed by atoms with E-state index in [9.17, 15) is 24.3 Å². The third kappa shape index (κ3) is 9.04. The van der Waals surface area contributed by atoms with Gasteiger partial charge in [0.25, 0.3) is 0 Å². The third-order valence-electron chi connectivity index (χ3n) is 3.88. The van der Waals surface area contributed by atoms with Crippen molar-refractivity contribution < 1.29 is 24.3 Å². The molecule has 0 rings (SSSR count). The number of hydrogen-bond acceptors (Lipinski definition) is 6. The van der Waals surface area contributed by atoms with Crippen LogP contribution >= 0.6 is 11.8 Å². The largest absolute Gasteiger partial charge is 0.480 e. The fourth-order valence-electron chi connectivity index (χ4n) is 2.02. The molecule has 3 amide bonds. The van der Waals surface area contributed by atoms with Crippen molar-refractivity contribution in [1.82, 2.24) is 16.0 Å². The van der Waals surface area contributed by atoms with Crippen molar-refractivity contribution in [3.63, 3.8) is 0 Å². The van der Waals surface area contributed by atoms with Gasteiger partial charge in [-0.2, -0.15) is 11.8 Å². The van der Waals surface area contributed by atoms with Crippen LogP contribution in [0.1, 0.15) is 33.6 Å². The lowest BCUT2D eigenvalue weighted by Crippen LogP contribution is -2.55. The number of nitrogens with two attached hydrogens (primary N) is 1. The number of nitrogens with one attached hydrogen (secondary N) is 3. The van der Waals surface area contributed by atoms with Crippen LogP contribution in [-0.4, -0.2) is 65.5 Å². The van der Waals surface area contributed by atoms with Crippen molar-refractivity contribution in [3.8, 4) is 0 Å². The van der Waals surface area contributed by atoms with Gasteiger partial charge in [-0.3, -0.25) is 14.4 Å². The van der Waals surface area contributed by atoms with Gasteiger partial charge in [-0.05, 0) is 31.3 Å². The number of aliphatic carboxylic acids is 1. The molecule has 0 aliphatic rings. The zero-order valence-electron chi connectivity index (χ0n) is 15.7. The van der Waals surface area contributed by atoms with Gasteiger partial charge in [-0.1, -0.05) is 20.3 Å². The number of thioether (sulfide) groups is 1. The Morgan fingerprint density at radius 1 is 1.12 bits per heavy atom. The van der Waals surface area contributed by atoms with Gasteiger partial charge in [-0.15, -0.1) is 0 Å². The average Bonchev–Trinajstić information content (AvgIpc) is 2.59. The van der Waals surface area contributed by atoms with Gasteiger partial charge in [0.05, 0.1) is 12.6 Å². The monoisotopic (exact) mass is 390 g/mol. The van der Waals surface area contributed by atoms with Crippen LogP contribution in [0.3, 0.4) is 0 Å². The minimum absolute atomic E-state index is 0.251. The van der Waals surface area contributed by atoms with E-state index in [1.165, 1.54) is 18.7 Å². The Labute approximate surface area is 158 Å². The molecule has 0 aromatic rings. The molecule has 4 atom stereocenters. The highest BCUT2D eigenvalue weighted by molar-refractivity contribution is 7.98. The Bertz CT molecular complexity index is 501. The van der Waals surface area contributed by atoms with Crippen LogP contribution in [0.25, 0.3) is 0 Å². The molecule has 150 valence electrons. The minimum Gasteiger partial charge on any atom is -0.480 e. The Hall–Kier alpha value is -1.81. The van der Waals surface area contributed by atoms with Gasteiger partial charge in [0, 0.05) is 0 Å². The predicted octanol–water partition coefficient (Wildman–Crippen LogP) is -0.697. The molecule has 26 heavy (non-hydrogen) atoms. The summed E-state index contributed by atoms with van der Waals surface area (Å²) in [5, 5.41) is 16.7. The lowest BCUT2D eigenvalue weighted by molar-refractivity contribution is -0.143. The molecule has 4 unspecified atom stereocenters. The van der Waals surface area contributed by atoms with Gasteiger partial charge in [0.15, 0.2) is 0 Å². The highest BCUT2D eigenvalue weighted by Gasteiger charge is 2.29. The second-order valence-corrected chi connectivity index (χ2v) is 7.10. The van der Waals surface area contributed by atoms with Crippen LogP contribution in [0.2, 0.25) is 0 Å². The molecule has 0 heterocycles. The summed E-state index contributed by atoms with van der Waals surface area (Å²) in [6.45, 7) is 4.75. The summed E-state index contributed by atoms with van der Waals surface area (Å²) in [4.78, 5) is 47.2. The van der Waals surface area contributed by atoms with Crippen LogP contribution in [0.4, 0.5) is 0 Å². The fourth-order valence-corrected chi connectivity index (χ4v) is 2.49. The highest BCUT2D eigenvalue weighted by atomic mass is 32.2. The normalized spacial score (nSPS) is 15.3. The Kier molecular flexibility index (Phi) is 11.7. The first-order valence-electron chi connectivity index (χ1n) is 8.48. The summed E-state index contributed by atoms with van der Waals surface area (Å²) in [6.07, 6.45) is 2.79. The van der Waals surface area contributed by atoms with E-state index in [0.717, 1.165) is 0 Å². The molecular weight excluding hydrogens is 360 g/mol. The third-order valence-corrected chi connectivity index (χ3v) is 4.52. The van der Waals surface area contributed by atoms with E-state index < -0.39 is 41.8 Å². The van der Waals surface area contributed by atoms with Crippen molar-refractivity contribution >= 4 is 35.5 Å². The molecule has 0 aliphatic heterocycles. The maximum atomic E-state index is 12.5. The van der Waals surface area contributed by atoms with Crippen LogP contribution in [0.15, 0.2) is 0 Å². The van der Waals surface area contributed by atoms with Crippen LogP contribution in [0.5, 0.6) is 0 Å². The van der Waals surface area contributed by atoms with Crippen molar-refractivity contribution in [2.24, 2.45) is 11.7 Å². The number of amides is 3. The van der Waals surface area contributed by atoms with E-state index >= 15 is 0 Å². The molecule has 9 nitrogen and oxygen atoms in total. The molecule has 0 radical (unpaired) electrons. The van der Waals surface area contributed by atoms with E-state index in [1.54, 1.807) is 6.92 Å². The summed E-state index contributed by atoms with van der Waals surface area (Å²) in [7, 11) is 0. The second-order valence-electron chi connectivity index (χ2n) is 6.12. The molecule has 0 saturated heterocycles. The minimum atomic E-state index is -1.12. The summed E-state index contributed by atoms with van der Waals surface area (Å²) in [6, 6.07) is -2.66. The number of carbonyl (C=O) groups is 4. The molecule has 6 N–H and O–H groups in total. The first kappa shape index (κ1) is 24.2. The zero-order chi connectivity index (χ0) is 20.3. The molecule has 0 spiro atoms. The fraction of sp³-hybridized carbons (Fsp3) is 0.750. The van der Waals surface area contributed by atoms with Crippen molar-refractivity contribution in [3.05, 3.63) is 0 Å². The summed E-state index contributed by atoms with van der Waals surface area (Å²) < 4.78 is 0. The van der Waals surface area contributed by atoms with E-state index in [0.29, 0.717) is 18.6 Å². The van der Waals surface area contributed by atoms with Gasteiger partial charge in [0.1, 0.15) is 12.1 Å². The molecule has 0 aromatic carbocycles. The van der Waals surface area contributed by atoms with E-state index in [2.05, 4.69) is 16.0 Å². The van der Waals surface area contributed by atoms with Crippen LogP contribution in [-0.2, 0) is 19.2 Å². The number of carboxylic acid groups (broad SMARTS) is 1. The zero-order valence-corrected chi connectivity index (χ0v) is 16.5. The van der Waals surface area contributed by atoms with Crippen LogP contribution in [0, 0.1) is 5.92 Å². The Morgan fingerprint density at radius 3 is 2.19 bits per heavy atom. The summed E-state index contributed by atoms with van der Waals surface area (Å²) >= 11 is 1.50. The topological polar surface area (TPSA) is 151 Å². The maximum Gasteiger partial charge on any atom is 0.326 e. The maximum absolute atomic E-state index is 12.5. The number of hydrogen-bond donors (Lipinski definition) is 5. The molecular formula is C16H30N4O5S. The van der Waals surface area contributed by atoms with Gasteiger partial charge in [0.2, 0.25) is 17.7 Å². The second kappa shape index (κ2) is 12.5. The highest BCUT2D eigenvalue weighted by Crippen LogP contribution is 2.09. The van der Waals surface area contributed by atoms with Gasteiger partial charge in [-0.25, -0.2) is 4.79 Å². The SMILES string of the molecule is CCC(C)C(NC(=O)C(CCSC)NC(=O)CNC(=O)C(C)N)C(=O)O. The standard InChI is InChI=1S/C16H30N4O5S/c1-5-9(2)13(16(24)25)20-15(23)11(6-7-26-4)19-12(21)8-18-14(22)10(3)17/h9-11,13H,5-8,17H2,1-4H3,(H,18,22)(H,19,21)(H,20,23)(H,24,25). The molecule has 0 aliphatic carbocycles. The smallest absolute Gasteiger partial charge is 0.326 e. The lowest BCUT2D eigenvalue weighted by Gasteiger charge is -2.24. The summed E-state index contributed by atoms with van der Waals surface area (Å²) in [5.74, 6) is -2.35. The van der Waals surface area contributed by atoms with Crippen LogP contribution < -0.4 is 21.7 Å². The molecule has 0 aromatic heterocycles. The Balaban J connectivity index is 4.89.